The number of aliphatic hydroxyl groups is 1. The monoisotopic (exact) mass is 518 g/mol. The summed E-state index contributed by atoms with van der Waals surface area (Å²) >= 11 is 0. The van der Waals surface area contributed by atoms with Gasteiger partial charge in [-0.1, -0.05) is 67.5 Å². The van der Waals surface area contributed by atoms with Gasteiger partial charge in [-0.2, -0.15) is 0 Å². The van der Waals surface area contributed by atoms with Crippen LogP contribution in [0.15, 0.2) is 65.0 Å². The van der Waals surface area contributed by atoms with Crippen molar-refractivity contribution in [2.45, 2.75) is 92.8 Å². The second-order valence-corrected chi connectivity index (χ2v) is 13.1. The quantitative estimate of drug-likeness (QED) is 0.251. The number of carbonyl (C=O) groups excluding carboxylic acids is 3. The molecule has 1 fully saturated rings. The lowest BCUT2D eigenvalue weighted by Crippen LogP contribution is -2.68. The summed E-state index contributed by atoms with van der Waals surface area (Å²) in [4.78, 5) is 44.2. The lowest BCUT2D eigenvalue weighted by atomic mass is 9.39. The van der Waals surface area contributed by atoms with Crippen LogP contribution in [-0.2, 0) is 14.3 Å². The van der Waals surface area contributed by atoms with Crippen LogP contribution in [0.2, 0.25) is 0 Å². The van der Waals surface area contributed by atoms with E-state index in [0.29, 0.717) is 17.6 Å². The van der Waals surface area contributed by atoms with Crippen molar-refractivity contribution < 1.29 is 24.2 Å². The summed E-state index contributed by atoms with van der Waals surface area (Å²) in [5.74, 6) is -0.867. The average Bonchev–Trinajstić information content (AvgIpc) is 3.30. The molecule has 38 heavy (non-hydrogen) atoms. The van der Waals surface area contributed by atoms with Crippen molar-refractivity contribution in [2.75, 3.05) is 0 Å². The van der Waals surface area contributed by atoms with E-state index in [2.05, 4.69) is 6.08 Å². The van der Waals surface area contributed by atoms with Crippen LogP contribution < -0.4 is 0 Å². The Morgan fingerprint density at radius 3 is 2.21 bits per heavy atom. The molecule has 4 rings (SSSR count). The van der Waals surface area contributed by atoms with E-state index in [1.807, 2.05) is 53.7 Å². The van der Waals surface area contributed by atoms with Crippen molar-refractivity contribution >= 4 is 17.3 Å². The predicted molar refractivity (Wildman–Crippen MR) is 148 cm³/mol. The summed E-state index contributed by atoms with van der Waals surface area (Å²) < 4.78 is 6.35. The zero-order chi connectivity index (χ0) is 28.3. The Kier molecular flexibility index (Phi) is 7.01. The van der Waals surface area contributed by atoms with Gasteiger partial charge >= 0.3 is 0 Å². The normalized spacial score (nSPS) is 29.9. The molecule has 1 aromatic rings. The van der Waals surface area contributed by atoms with Gasteiger partial charge in [0.15, 0.2) is 22.8 Å². The van der Waals surface area contributed by atoms with Gasteiger partial charge in [0.05, 0.1) is 5.60 Å². The van der Waals surface area contributed by atoms with Gasteiger partial charge in [-0.25, -0.2) is 0 Å². The molecule has 0 amide bonds. The minimum absolute atomic E-state index is 0.129. The number of ether oxygens (including phenoxy) is 1. The molecule has 0 saturated heterocycles. The summed E-state index contributed by atoms with van der Waals surface area (Å²) in [7, 11) is 0. The number of rotatable bonds is 7. The second kappa shape index (κ2) is 9.44. The number of hydrogen-bond acceptors (Lipinski definition) is 5. The van der Waals surface area contributed by atoms with Gasteiger partial charge in [0.1, 0.15) is 17.3 Å². The highest BCUT2D eigenvalue weighted by molar-refractivity contribution is 6.30. The number of Topliss-reactive ketones (excluding diaryl/α,β-unsaturated/α-hetero) is 3. The van der Waals surface area contributed by atoms with E-state index in [1.54, 1.807) is 38.1 Å². The van der Waals surface area contributed by atoms with Gasteiger partial charge in [-0.3, -0.25) is 14.4 Å². The fourth-order valence-corrected chi connectivity index (χ4v) is 6.75. The van der Waals surface area contributed by atoms with E-state index in [9.17, 15) is 14.7 Å². The largest absolute Gasteiger partial charge is 0.489 e. The van der Waals surface area contributed by atoms with Crippen molar-refractivity contribution in [3.63, 3.8) is 0 Å². The van der Waals surface area contributed by atoms with Crippen LogP contribution >= 0.6 is 0 Å². The molecule has 0 unspecified atom stereocenters. The standard InChI is InChI=1S/C33H42O5/c1-20(2)14-15-23-19-32(26(34)22-12-10-9-11-13-22)28-24(18-25(38-28)31(7,8)37)27(35)33(29(32)36,30(23,5)6)17-16-21(3)4/h9-14,16,23,25,37H,15,17-19H2,1-8H3/t23-,25-,32+,33+/m0/s1. The molecule has 1 aromatic carbocycles. The summed E-state index contributed by atoms with van der Waals surface area (Å²) in [6, 6.07) is 8.87. The first-order valence-corrected chi connectivity index (χ1v) is 13.7. The highest BCUT2D eigenvalue weighted by Crippen LogP contribution is 2.68. The molecule has 1 N–H and O–H groups in total. The maximum absolute atomic E-state index is 15.0. The van der Waals surface area contributed by atoms with Crippen molar-refractivity contribution in [1.29, 1.82) is 0 Å². The lowest BCUT2D eigenvalue weighted by Gasteiger charge is -2.59. The third-order valence-electron chi connectivity index (χ3n) is 9.26. The molecule has 0 aromatic heterocycles. The van der Waals surface area contributed by atoms with E-state index in [1.165, 1.54) is 0 Å². The van der Waals surface area contributed by atoms with Crippen LogP contribution in [0.4, 0.5) is 0 Å². The molecule has 1 aliphatic heterocycles. The van der Waals surface area contributed by atoms with Crippen LogP contribution in [0.25, 0.3) is 0 Å². The summed E-state index contributed by atoms with van der Waals surface area (Å²) in [5, 5.41) is 10.9. The van der Waals surface area contributed by atoms with Gasteiger partial charge in [-0.05, 0) is 72.1 Å². The molecule has 1 heterocycles. The topological polar surface area (TPSA) is 80.7 Å². The average molecular weight is 519 g/mol. The zero-order valence-electron chi connectivity index (χ0n) is 24.1. The summed E-state index contributed by atoms with van der Waals surface area (Å²) in [6.07, 6.45) is 4.71. The van der Waals surface area contributed by atoms with Crippen LogP contribution in [0.1, 0.15) is 91.4 Å². The third kappa shape index (κ3) is 4.05. The van der Waals surface area contributed by atoms with Gasteiger partial charge in [0, 0.05) is 17.6 Å². The minimum atomic E-state index is -1.62. The first-order chi connectivity index (χ1) is 17.6. The van der Waals surface area contributed by atoms with Crippen LogP contribution in [0.3, 0.4) is 0 Å². The van der Waals surface area contributed by atoms with Crippen LogP contribution in [-0.4, -0.2) is 34.2 Å². The van der Waals surface area contributed by atoms with Gasteiger partial charge in [0.2, 0.25) is 0 Å². The molecule has 0 radical (unpaired) electrons. The highest BCUT2D eigenvalue weighted by Gasteiger charge is 2.75. The van der Waals surface area contributed by atoms with E-state index in [-0.39, 0.29) is 48.3 Å². The minimum Gasteiger partial charge on any atom is -0.489 e. The van der Waals surface area contributed by atoms with Gasteiger partial charge in [-0.15, -0.1) is 0 Å². The fraction of sp³-hybridized carbons (Fsp3) is 0.545. The lowest BCUT2D eigenvalue weighted by molar-refractivity contribution is -0.168. The van der Waals surface area contributed by atoms with Crippen LogP contribution in [0.5, 0.6) is 0 Å². The fourth-order valence-electron chi connectivity index (χ4n) is 6.75. The first kappa shape index (κ1) is 28.2. The van der Waals surface area contributed by atoms with E-state index < -0.39 is 27.9 Å². The molecular formula is C33H42O5. The Morgan fingerprint density at radius 2 is 1.66 bits per heavy atom. The number of fused-ring (bicyclic) bond motifs is 3. The molecule has 3 aliphatic rings. The molecule has 204 valence electrons. The maximum atomic E-state index is 15.0. The van der Waals surface area contributed by atoms with Crippen molar-refractivity contribution in [2.24, 2.45) is 22.2 Å². The van der Waals surface area contributed by atoms with E-state index in [0.717, 1.165) is 11.1 Å². The van der Waals surface area contributed by atoms with E-state index in [4.69, 9.17) is 4.74 Å². The Morgan fingerprint density at radius 1 is 1.05 bits per heavy atom. The molecule has 2 aliphatic carbocycles. The van der Waals surface area contributed by atoms with Crippen LogP contribution in [0, 0.1) is 22.2 Å². The Labute approximate surface area is 227 Å². The summed E-state index contributed by atoms with van der Waals surface area (Å²) in [6.45, 7) is 15.3. The second-order valence-electron chi connectivity index (χ2n) is 13.1. The predicted octanol–water partition coefficient (Wildman–Crippen LogP) is 6.57. The number of allylic oxidation sites excluding steroid dienone is 5. The number of benzene rings is 1. The molecule has 5 heteroatoms. The zero-order valence-corrected chi connectivity index (χ0v) is 24.1. The highest BCUT2D eigenvalue weighted by atomic mass is 16.5. The Hall–Kier alpha value is -2.79. The van der Waals surface area contributed by atoms with Crippen molar-refractivity contribution in [3.05, 3.63) is 70.5 Å². The smallest absolute Gasteiger partial charge is 0.184 e. The first-order valence-electron chi connectivity index (χ1n) is 13.7. The number of hydrogen-bond donors (Lipinski definition) is 1. The van der Waals surface area contributed by atoms with E-state index >= 15 is 4.79 Å². The SMILES string of the molecule is CC(C)=CC[C@H]1C[C@]2(C(=O)c3ccccc3)C(=O)[C@@](CC=C(C)C)(C(=O)C3=C2O[C@H](C(C)(C)O)C3)C1(C)C. The number of ketones is 3. The Balaban J connectivity index is 2.06. The third-order valence-corrected chi connectivity index (χ3v) is 9.26. The Bertz CT molecular complexity index is 1250. The molecule has 4 atom stereocenters. The molecule has 2 bridgehead atoms. The van der Waals surface area contributed by atoms with Crippen molar-refractivity contribution in [3.8, 4) is 0 Å². The summed E-state index contributed by atoms with van der Waals surface area (Å²) in [5.41, 5.74) is -2.01. The van der Waals surface area contributed by atoms with Crippen molar-refractivity contribution in [1.82, 2.24) is 0 Å². The molecule has 5 nitrogen and oxygen atoms in total. The maximum Gasteiger partial charge on any atom is 0.184 e. The van der Waals surface area contributed by atoms with Gasteiger partial charge in [0.25, 0.3) is 0 Å². The number of carbonyl (C=O) groups is 3. The molecule has 0 spiro atoms. The molecule has 1 saturated carbocycles. The molecular weight excluding hydrogens is 476 g/mol. The van der Waals surface area contributed by atoms with Gasteiger partial charge < -0.3 is 9.84 Å².